The Morgan fingerprint density at radius 3 is 0.836 bits per heavy atom. The van der Waals surface area contributed by atoms with Crippen molar-refractivity contribution < 1.29 is 28.6 Å². The first-order valence-electron chi connectivity index (χ1n) is 32.1. The van der Waals surface area contributed by atoms with E-state index in [9.17, 15) is 14.4 Å². The van der Waals surface area contributed by atoms with E-state index in [1.165, 1.54) is 205 Å². The zero-order chi connectivity index (χ0) is 52.9. The number of unbranched alkanes of at least 4 members (excludes halogenated alkanes) is 40. The van der Waals surface area contributed by atoms with Crippen LogP contribution in [-0.2, 0) is 28.6 Å². The third-order valence-electron chi connectivity index (χ3n) is 14.3. The zero-order valence-corrected chi connectivity index (χ0v) is 48.9. The fraction of sp³-hybridized carbons (Fsp3) is 0.836. The first kappa shape index (κ1) is 70.4. The topological polar surface area (TPSA) is 78.9 Å². The van der Waals surface area contributed by atoms with E-state index in [4.69, 9.17) is 14.2 Å². The lowest BCUT2D eigenvalue weighted by Crippen LogP contribution is -2.30. The Morgan fingerprint density at radius 1 is 0.288 bits per heavy atom. The number of rotatable bonds is 59. The van der Waals surface area contributed by atoms with Gasteiger partial charge in [0.1, 0.15) is 13.2 Å². The van der Waals surface area contributed by atoms with Crippen molar-refractivity contribution in [2.45, 2.75) is 348 Å². The van der Waals surface area contributed by atoms with E-state index in [2.05, 4.69) is 69.4 Å². The van der Waals surface area contributed by atoms with Crippen LogP contribution in [0.4, 0.5) is 0 Å². The van der Waals surface area contributed by atoms with Gasteiger partial charge >= 0.3 is 17.9 Å². The lowest BCUT2D eigenvalue weighted by molar-refractivity contribution is -0.167. The molecular weight excluding hydrogens is 901 g/mol. The largest absolute Gasteiger partial charge is 0.462 e. The fourth-order valence-corrected chi connectivity index (χ4v) is 9.56. The molecule has 0 N–H and O–H groups in total. The van der Waals surface area contributed by atoms with Crippen molar-refractivity contribution in [3.63, 3.8) is 0 Å². The summed E-state index contributed by atoms with van der Waals surface area (Å²) >= 11 is 0. The van der Waals surface area contributed by atoms with Crippen LogP contribution in [0.25, 0.3) is 0 Å². The summed E-state index contributed by atoms with van der Waals surface area (Å²) in [4.78, 5) is 38.2. The molecule has 1 atom stereocenters. The van der Waals surface area contributed by atoms with Gasteiger partial charge in [-0.3, -0.25) is 14.4 Å². The number of hydrogen-bond donors (Lipinski definition) is 0. The summed E-state index contributed by atoms with van der Waals surface area (Å²) < 4.78 is 16.9. The lowest BCUT2D eigenvalue weighted by Gasteiger charge is -2.18. The van der Waals surface area contributed by atoms with E-state index in [1.807, 2.05) is 0 Å². The molecule has 0 rings (SSSR count). The number of carbonyl (C=O) groups is 3. The second-order valence-corrected chi connectivity index (χ2v) is 21.7. The van der Waals surface area contributed by atoms with Gasteiger partial charge in [0.05, 0.1) is 0 Å². The standard InChI is InChI=1S/C67H122O6/c1-4-7-10-13-16-19-22-24-26-28-30-31-32-33-34-35-37-38-40-42-45-48-51-54-57-60-66(69)72-63-64(62-71-65(68)59-56-53-50-47-44-21-18-15-12-9-6-3)73-67(70)61-58-55-52-49-46-43-41-39-36-29-27-25-23-20-17-14-11-8-5-2/h8,11,17,20,25,27,36,39,64H,4-7,9-10,12-16,18-19,21-24,26,28-35,37-38,40-63H2,1-3H3/b11-8-,20-17-,27-25-,39-36-. The summed E-state index contributed by atoms with van der Waals surface area (Å²) in [6.07, 6.45) is 77.0. The van der Waals surface area contributed by atoms with E-state index >= 15 is 0 Å². The van der Waals surface area contributed by atoms with Gasteiger partial charge < -0.3 is 14.2 Å². The van der Waals surface area contributed by atoms with Crippen LogP contribution in [0, 0.1) is 0 Å². The Balaban J connectivity index is 4.22. The molecule has 0 heterocycles. The molecule has 0 aromatic rings. The van der Waals surface area contributed by atoms with Gasteiger partial charge in [0, 0.05) is 19.3 Å². The van der Waals surface area contributed by atoms with Crippen molar-refractivity contribution in [1.29, 1.82) is 0 Å². The third kappa shape index (κ3) is 60.1. The van der Waals surface area contributed by atoms with Gasteiger partial charge in [0.2, 0.25) is 0 Å². The van der Waals surface area contributed by atoms with Gasteiger partial charge in [-0.2, -0.15) is 0 Å². The minimum atomic E-state index is -0.778. The highest BCUT2D eigenvalue weighted by Crippen LogP contribution is 2.18. The molecule has 73 heavy (non-hydrogen) atoms. The summed E-state index contributed by atoms with van der Waals surface area (Å²) in [5.41, 5.74) is 0. The first-order valence-corrected chi connectivity index (χ1v) is 32.1. The number of allylic oxidation sites excluding steroid dienone is 8. The Labute approximate surface area is 454 Å². The Kier molecular flexibility index (Phi) is 59.7. The molecule has 0 aliphatic heterocycles. The van der Waals surface area contributed by atoms with Gasteiger partial charge in [-0.05, 0) is 57.8 Å². The highest BCUT2D eigenvalue weighted by molar-refractivity contribution is 5.71. The molecule has 0 radical (unpaired) electrons. The van der Waals surface area contributed by atoms with E-state index in [0.29, 0.717) is 19.3 Å². The van der Waals surface area contributed by atoms with Crippen LogP contribution in [-0.4, -0.2) is 37.2 Å². The molecule has 426 valence electrons. The molecule has 0 bridgehead atoms. The molecule has 0 aromatic heterocycles. The van der Waals surface area contributed by atoms with Crippen molar-refractivity contribution in [2.75, 3.05) is 13.2 Å². The predicted octanol–water partition coefficient (Wildman–Crippen LogP) is 21.8. The minimum Gasteiger partial charge on any atom is -0.462 e. The molecule has 6 heteroatoms. The highest BCUT2D eigenvalue weighted by Gasteiger charge is 2.19. The summed E-state index contributed by atoms with van der Waals surface area (Å²) in [6.45, 7) is 6.56. The maximum atomic E-state index is 12.9. The smallest absolute Gasteiger partial charge is 0.306 e. The van der Waals surface area contributed by atoms with Gasteiger partial charge in [-0.15, -0.1) is 0 Å². The number of ether oxygens (including phenoxy) is 3. The second-order valence-electron chi connectivity index (χ2n) is 21.7. The van der Waals surface area contributed by atoms with Crippen LogP contribution in [0.1, 0.15) is 342 Å². The minimum absolute atomic E-state index is 0.0744. The van der Waals surface area contributed by atoms with Crippen molar-refractivity contribution in [2.24, 2.45) is 0 Å². The molecule has 0 saturated heterocycles. The second kappa shape index (κ2) is 61.9. The Hall–Kier alpha value is -2.63. The monoisotopic (exact) mass is 1020 g/mol. The molecule has 0 aliphatic carbocycles. The average Bonchev–Trinajstić information content (AvgIpc) is 3.39. The van der Waals surface area contributed by atoms with Gasteiger partial charge in [0.25, 0.3) is 0 Å². The molecule has 1 unspecified atom stereocenters. The van der Waals surface area contributed by atoms with E-state index in [-0.39, 0.29) is 31.1 Å². The summed E-state index contributed by atoms with van der Waals surface area (Å²) in [6, 6.07) is 0. The van der Waals surface area contributed by atoms with Crippen molar-refractivity contribution in [3.05, 3.63) is 48.6 Å². The number of esters is 3. The molecule has 0 fully saturated rings. The molecule has 0 saturated carbocycles. The van der Waals surface area contributed by atoms with Crippen LogP contribution in [0.5, 0.6) is 0 Å². The van der Waals surface area contributed by atoms with Crippen molar-refractivity contribution in [3.8, 4) is 0 Å². The van der Waals surface area contributed by atoms with Crippen LogP contribution in [0.3, 0.4) is 0 Å². The summed E-state index contributed by atoms with van der Waals surface area (Å²) in [5, 5.41) is 0. The van der Waals surface area contributed by atoms with Crippen LogP contribution in [0.15, 0.2) is 48.6 Å². The summed E-state index contributed by atoms with van der Waals surface area (Å²) in [5.74, 6) is -0.868. The zero-order valence-electron chi connectivity index (χ0n) is 48.9. The highest BCUT2D eigenvalue weighted by atomic mass is 16.6. The van der Waals surface area contributed by atoms with Crippen LogP contribution in [0.2, 0.25) is 0 Å². The van der Waals surface area contributed by atoms with Crippen LogP contribution >= 0.6 is 0 Å². The predicted molar refractivity (Wildman–Crippen MR) is 316 cm³/mol. The fourth-order valence-electron chi connectivity index (χ4n) is 9.56. The van der Waals surface area contributed by atoms with Crippen molar-refractivity contribution >= 4 is 17.9 Å². The molecular formula is C67H122O6. The van der Waals surface area contributed by atoms with Crippen LogP contribution < -0.4 is 0 Å². The lowest BCUT2D eigenvalue weighted by atomic mass is 10.0. The Bertz CT molecular complexity index is 1270. The van der Waals surface area contributed by atoms with E-state index in [1.54, 1.807) is 0 Å². The molecule has 0 aromatic carbocycles. The molecule has 6 nitrogen and oxygen atoms in total. The SMILES string of the molecule is CC/C=C\C/C=C\C/C=C\C/C=C\CCCCCCCCC(=O)OC(COC(=O)CCCCCCCCCCCCC)COC(=O)CCCCCCCCCCCCCCCCCCCCCCCCCCC. The molecule has 0 amide bonds. The van der Waals surface area contributed by atoms with E-state index < -0.39 is 6.10 Å². The maximum Gasteiger partial charge on any atom is 0.306 e. The number of hydrogen-bond acceptors (Lipinski definition) is 6. The first-order chi connectivity index (χ1) is 36.0. The maximum absolute atomic E-state index is 12.9. The number of carbonyl (C=O) groups excluding carboxylic acids is 3. The third-order valence-corrected chi connectivity index (χ3v) is 14.3. The normalized spacial score (nSPS) is 12.3. The van der Waals surface area contributed by atoms with Gasteiger partial charge in [-0.25, -0.2) is 0 Å². The van der Waals surface area contributed by atoms with Gasteiger partial charge in [-0.1, -0.05) is 313 Å². The Morgan fingerprint density at radius 2 is 0.534 bits per heavy atom. The van der Waals surface area contributed by atoms with Gasteiger partial charge in [0.15, 0.2) is 6.10 Å². The molecule has 0 spiro atoms. The summed E-state index contributed by atoms with van der Waals surface area (Å²) in [7, 11) is 0. The molecule has 0 aliphatic rings. The van der Waals surface area contributed by atoms with Crippen molar-refractivity contribution in [1.82, 2.24) is 0 Å². The van der Waals surface area contributed by atoms with E-state index in [0.717, 1.165) is 96.3 Å². The quantitative estimate of drug-likeness (QED) is 0.0261. The average molecular weight is 1020 g/mol.